The van der Waals surface area contributed by atoms with Gasteiger partial charge in [0.2, 0.25) is 10.0 Å². The summed E-state index contributed by atoms with van der Waals surface area (Å²) in [4.78, 5) is 22.6. The van der Waals surface area contributed by atoms with Gasteiger partial charge < -0.3 is 14.6 Å². The molecule has 1 heterocycles. The van der Waals surface area contributed by atoms with Crippen LogP contribution in [0.2, 0.25) is 0 Å². The fraction of sp³-hybridized carbons (Fsp3) is 0.429. The number of carboxylic acid groups (broad SMARTS) is 1. The standard InChI is InChI=1S/C14H17NO7S/c1-21-11-6-5-9(14(18)22-2)8-12(11)23(19,20)15-7-3-4-10(15)13(16)17/h5-6,8,10H,3-4,7H2,1-2H3,(H,16,17)/t10-/m1/s1. The number of methoxy groups -OCH3 is 2. The molecular formula is C14H17NO7S. The highest BCUT2D eigenvalue weighted by molar-refractivity contribution is 7.89. The molecule has 1 aromatic rings. The summed E-state index contributed by atoms with van der Waals surface area (Å²) < 4.78 is 36.2. The van der Waals surface area contributed by atoms with Crippen molar-refractivity contribution in [2.75, 3.05) is 20.8 Å². The van der Waals surface area contributed by atoms with Crippen molar-refractivity contribution in [2.45, 2.75) is 23.8 Å². The van der Waals surface area contributed by atoms with Crippen molar-refractivity contribution >= 4 is 22.0 Å². The number of carbonyl (C=O) groups excluding carboxylic acids is 1. The molecule has 1 N–H and O–H groups in total. The van der Waals surface area contributed by atoms with E-state index in [0.29, 0.717) is 6.42 Å². The molecule has 0 unspecified atom stereocenters. The van der Waals surface area contributed by atoms with Gasteiger partial charge in [0, 0.05) is 6.54 Å². The highest BCUT2D eigenvalue weighted by atomic mass is 32.2. The van der Waals surface area contributed by atoms with Crippen LogP contribution in [0.1, 0.15) is 23.2 Å². The van der Waals surface area contributed by atoms with E-state index < -0.39 is 28.0 Å². The molecule has 0 bridgehead atoms. The predicted octanol–water partition coefficient (Wildman–Crippen LogP) is 0.719. The summed E-state index contributed by atoms with van der Waals surface area (Å²) in [6.45, 7) is 0.102. The van der Waals surface area contributed by atoms with Crippen LogP contribution >= 0.6 is 0 Å². The molecule has 9 heteroatoms. The van der Waals surface area contributed by atoms with Gasteiger partial charge in [0.15, 0.2) is 0 Å². The average Bonchev–Trinajstić information content (AvgIpc) is 3.04. The fourth-order valence-electron chi connectivity index (χ4n) is 2.52. The van der Waals surface area contributed by atoms with Crippen molar-refractivity contribution in [1.82, 2.24) is 4.31 Å². The lowest BCUT2D eigenvalue weighted by atomic mass is 10.2. The second-order valence-corrected chi connectivity index (χ2v) is 6.83. The minimum atomic E-state index is -4.12. The summed E-state index contributed by atoms with van der Waals surface area (Å²) >= 11 is 0. The number of benzene rings is 1. The van der Waals surface area contributed by atoms with Crippen molar-refractivity contribution in [2.24, 2.45) is 0 Å². The van der Waals surface area contributed by atoms with Crippen molar-refractivity contribution in [1.29, 1.82) is 0 Å². The molecule has 0 spiro atoms. The maximum absolute atomic E-state index is 12.8. The largest absolute Gasteiger partial charge is 0.495 e. The number of nitrogens with zero attached hydrogens (tertiary/aromatic N) is 1. The zero-order valence-electron chi connectivity index (χ0n) is 12.7. The van der Waals surface area contributed by atoms with Crippen LogP contribution in [-0.2, 0) is 19.6 Å². The number of ether oxygens (including phenoxy) is 2. The van der Waals surface area contributed by atoms with E-state index in [1.165, 1.54) is 26.4 Å². The molecule has 23 heavy (non-hydrogen) atoms. The molecule has 8 nitrogen and oxygen atoms in total. The SMILES string of the molecule is COC(=O)c1ccc(OC)c(S(=O)(=O)N2CCC[C@@H]2C(=O)O)c1. The maximum atomic E-state index is 12.8. The van der Waals surface area contributed by atoms with E-state index in [1.54, 1.807) is 0 Å². The number of hydrogen-bond donors (Lipinski definition) is 1. The molecule has 2 rings (SSSR count). The Morgan fingerprint density at radius 2 is 2.00 bits per heavy atom. The quantitative estimate of drug-likeness (QED) is 0.784. The second kappa shape index (κ2) is 6.55. The van der Waals surface area contributed by atoms with Crippen LogP contribution < -0.4 is 4.74 Å². The summed E-state index contributed by atoms with van der Waals surface area (Å²) in [5.41, 5.74) is 0.0398. The number of sulfonamides is 1. The normalized spacial score (nSPS) is 18.6. The number of esters is 1. The summed E-state index contributed by atoms with van der Waals surface area (Å²) in [7, 11) is -1.64. The first-order chi connectivity index (χ1) is 10.8. The van der Waals surface area contributed by atoms with E-state index in [9.17, 15) is 23.1 Å². The third-order valence-corrected chi connectivity index (χ3v) is 5.59. The Kier molecular flexibility index (Phi) is 4.90. The van der Waals surface area contributed by atoms with E-state index in [-0.39, 0.29) is 29.2 Å². The van der Waals surface area contributed by atoms with Gasteiger partial charge in [-0.15, -0.1) is 0 Å². The Hall–Kier alpha value is -2.13. The molecule has 1 aliphatic heterocycles. The lowest BCUT2D eigenvalue weighted by molar-refractivity contribution is -0.140. The van der Waals surface area contributed by atoms with Gasteiger partial charge in [-0.1, -0.05) is 0 Å². The minimum absolute atomic E-state index is 0.0358. The third-order valence-electron chi connectivity index (χ3n) is 3.66. The van der Waals surface area contributed by atoms with E-state index in [1.807, 2.05) is 0 Å². The van der Waals surface area contributed by atoms with Crippen LogP contribution in [-0.4, -0.2) is 56.6 Å². The van der Waals surface area contributed by atoms with Crippen molar-refractivity contribution in [3.05, 3.63) is 23.8 Å². The van der Waals surface area contributed by atoms with Gasteiger partial charge in [0.05, 0.1) is 19.8 Å². The van der Waals surface area contributed by atoms with Gasteiger partial charge in [-0.2, -0.15) is 4.31 Å². The number of hydrogen-bond acceptors (Lipinski definition) is 6. The first-order valence-corrected chi connectivity index (χ1v) is 8.28. The predicted molar refractivity (Wildman–Crippen MR) is 78.9 cm³/mol. The molecular weight excluding hydrogens is 326 g/mol. The minimum Gasteiger partial charge on any atom is -0.495 e. The molecule has 1 aliphatic rings. The summed E-state index contributed by atoms with van der Waals surface area (Å²) in [5.74, 6) is -1.86. The van der Waals surface area contributed by atoms with Gasteiger partial charge in [0.25, 0.3) is 0 Å². The second-order valence-electron chi connectivity index (χ2n) is 4.97. The topological polar surface area (TPSA) is 110 Å². The van der Waals surface area contributed by atoms with Gasteiger partial charge >= 0.3 is 11.9 Å². The molecule has 0 saturated carbocycles. The maximum Gasteiger partial charge on any atom is 0.337 e. The van der Waals surface area contributed by atoms with Gasteiger partial charge in [0.1, 0.15) is 16.7 Å². The Bertz CT molecular complexity index is 729. The molecule has 1 saturated heterocycles. The summed E-state index contributed by atoms with van der Waals surface area (Å²) in [5, 5.41) is 9.19. The number of aliphatic carboxylic acids is 1. The molecule has 0 radical (unpaired) electrons. The smallest absolute Gasteiger partial charge is 0.337 e. The Morgan fingerprint density at radius 1 is 1.30 bits per heavy atom. The van der Waals surface area contributed by atoms with Crippen LogP contribution in [0.3, 0.4) is 0 Å². The number of carbonyl (C=O) groups is 2. The molecule has 1 fully saturated rings. The van der Waals surface area contributed by atoms with Crippen LogP contribution in [0.15, 0.2) is 23.1 Å². The summed E-state index contributed by atoms with van der Waals surface area (Å²) in [6, 6.07) is 2.73. The average molecular weight is 343 g/mol. The molecule has 0 amide bonds. The summed E-state index contributed by atoms with van der Waals surface area (Å²) in [6.07, 6.45) is 0.697. The van der Waals surface area contributed by atoms with Crippen molar-refractivity contribution < 1.29 is 32.6 Å². The van der Waals surface area contributed by atoms with Crippen molar-refractivity contribution in [3.63, 3.8) is 0 Å². The Morgan fingerprint density at radius 3 is 2.57 bits per heavy atom. The van der Waals surface area contributed by atoms with E-state index in [4.69, 9.17) is 4.74 Å². The Balaban J connectivity index is 2.54. The van der Waals surface area contributed by atoms with Crippen molar-refractivity contribution in [3.8, 4) is 5.75 Å². The number of rotatable bonds is 5. The number of carboxylic acids is 1. The molecule has 1 atom stereocenters. The zero-order chi connectivity index (χ0) is 17.2. The van der Waals surface area contributed by atoms with Crippen LogP contribution in [0, 0.1) is 0 Å². The van der Waals surface area contributed by atoms with Gasteiger partial charge in [-0.25, -0.2) is 13.2 Å². The molecule has 0 aromatic heterocycles. The van der Waals surface area contributed by atoms with E-state index in [2.05, 4.69) is 4.74 Å². The fourth-order valence-corrected chi connectivity index (χ4v) is 4.36. The lowest BCUT2D eigenvalue weighted by Gasteiger charge is -2.22. The lowest BCUT2D eigenvalue weighted by Crippen LogP contribution is -2.40. The van der Waals surface area contributed by atoms with Gasteiger partial charge in [-0.3, -0.25) is 4.79 Å². The molecule has 0 aliphatic carbocycles. The molecule has 1 aromatic carbocycles. The first-order valence-electron chi connectivity index (χ1n) is 6.84. The van der Waals surface area contributed by atoms with Crippen LogP contribution in [0.5, 0.6) is 5.75 Å². The highest BCUT2D eigenvalue weighted by Gasteiger charge is 2.40. The van der Waals surface area contributed by atoms with E-state index >= 15 is 0 Å². The van der Waals surface area contributed by atoms with Gasteiger partial charge in [-0.05, 0) is 31.0 Å². The van der Waals surface area contributed by atoms with Crippen LogP contribution in [0.25, 0.3) is 0 Å². The Labute approximate surface area is 133 Å². The monoisotopic (exact) mass is 343 g/mol. The molecule has 126 valence electrons. The van der Waals surface area contributed by atoms with Crippen LogP contribution in [0.4, 0.5) is 0 Å². The third kappa shape index (κ3) is 3.15. The highest BCUT2D eigenvalue weighted by Crippen LogP contribution is 2.32. The van der Waals surface area contributed by atoms with E-state index in [0.717, 1.165) is 10.4 Å². The first kappa shape index (κ1) is 17.2. The zero-order valence-corrected chi connectivity index (χ0v) is 13.5.